The molecule has 0 radical (unpaired) electrons. The maximum absolute atomic E-state index is 12.3. The molecule has 0 saturated heterocycles. The Bertz CT molecular complexity index is 702. The van der Waals surface area contributed by atoms with Crippen molar-refractivity contribution >= 4 is 23.2 Å². The summed E-state index contributed by atoms with van der Waals surface area (Å²) in [4.78, 5) is 12.3. The summed E-state index contributed by atoms with van der Waals surface area (Å²) in [6.45, 7) is 0. The summed E-state index contributed by atoms with van der Waals surface area (Å²) < 4.78 is 0. The van der Waals surface area contributed by atoms with Gasteiger partial charge in [-0.2, -0.15) is 0 Å². The standard InChI is InChI=1S/C16H15ClN2O2/c17-12-6-5-10(7-13(12)18)16(21)19-15-11-4-2-1-3-9(11)8-14(15)20/h1-7,14-15,20H,8,18H2,(H,19,21)/t14-,15+/m0/s1. The van der Waals surface area contributed by atoms with Gasteiger partial charge in [-0.3, -0.25) is 4.79 Å². The van der Waals surface area contributed by atoms with Crippen molar-refractivity contribution < 1.29 is 9.90 Å². The Morgan fingerprint density at radius 2 is 2.05 bits per heavy atom. The van der Waals surface area contributed by atoms with Gasteiger partial charge < -0.3 is 16.2 Å². The molecule has 0 saturated carbocycles. The molecule has 1 amide bonds. The lowest BCUT2D eigenvalue weighted by Crippen LogP contribution is -2.33. The van der Waals surface area contributed by atoms with Gasteiger partial charge in [0.05, 0.1) is 22.9 Å². The highest BCUT2D eigenvalue weighted by Crippen LogP contribution is 2.31. The van der Waals surface area contributed by atoms with Crippen LogP contribution in [0.25, 0.3) is 0 Å². The number of nitrogens with one attached hydrogen (secondary N) is 1. The van der Waals surface area contributed by atoms with Crippen LogP contribution in [0.5, 0.6) is 0 Å². The molecule has 0 spiro atoms. The highest BCUT2D eigenvalue weighted by Gasteiger charge is 2.32. The van der Waals surface area contributed by atoms with Gasteiger partial charge in [0, 0.05) is 12.0 Å². The van der Waals surface area contributed by atoms with E-state index in [1.807, 2.05) is 24.3 Å². The first kappa shape index (κ1) is 13.9. The van der Waals surface area contributed by atoms with Crippen LogP contribution in [-0.2, 0) is 6.42 Å². The van der Waals surface area contributed by atoms with E-state index in [2.05, 4.69) is 5.32 Å². The van der Waals surface area contributed by atoms with Crippen molar-refractivity contribution in [1.29, 1.82) is 0 Å². The van der Waals surface area contributed by atoms with Crippen molar-refractivity contribution in [3.05, 3.63) is 64.2 Å². The fourth-order valence-corrected chi connectivity index (χ4v) is 2.77. The largest absolute Gasteiger partial charge is 0.398 e. The van der Waals surface area contributed by atoms with Crippen molar-refractivity contribution in [3.63, 3.8) is 0 Å². The van der Waals surface area contributed by atoms with E-state index in [9.17, 15) is 9.90 Å². The number of nitrogen functional groups attached to an aromatic ring is 1. The molecule has 0 unspecified atom stereocenters. The molecule has 0 fully saturated rings. The van der Waals surface area contributed by atoms with Crippen molar-refractivity contribution in [1.82, 2.24) is 5.32 Å². The van der Waals surface area contributed by atoms with Crippen molar-refractivity contribution in [2.24, 2.45) is 0 Å². The van der Waals surface area contributed by atoms with Gasteiger partial charge in [0.2, 0.25) is 0 Å². The SMILES string of the molecule is Nc1cc(C(=O)N[C@@H]2c3ccccc3C[C@@H]2O)ccc1Cl. The lowest BCUT2D eigenvalue weighted by atomic mass is 10.1. The van der Waals surface area contributed by atoms with Crippen LogP contribution in [0.2, 0.25) is 5.02 Å². The van der Waals surface area contributed by atoms with Crippen LogP contribution in [0, 0.1) is 0 Å². The second-order valence-electron chi connectivity index (χ2n) is 5.16. The maximum atomic E-state index is 12.3. The van der Waals surface area contributed by atoms with Crippen LogP contribution < -0.4 is 11.1 Å². The number of nitrogens with two attached hydrogens (primary N) is 1. The Kier molecular flexibility index (Phi) is 3.57. The molecule has 0 aromatic heterocycles. The maximum Gasteiger partial charge on any atom is 0.251 e. The van der Waals surface area contributed by atoms with Gasteiger partial charge in [0.15, 0.2) is 0 Å². The van der Waals surface area contributed by atoms with Gasteiger partial charge in [-0.1, -0.05) is 35.9 Å². The average Bonchev–Trinajstić information content (AvgIpc) is 2.78. The van der Waals surface area contributed by atoms with Gasteiger partial charge in [0.1, 0.15) is 0 Å². The second-order valence-corrected chi connectivity index (χ2v) is 5.56. The number of aliphatic hydroxyl groups is 1. The van der Waals surface area contributed by atoms with Crippen molar-refractivity contribution in [3.8, 4) is 0 Å². The summed E-state index contributed by atoms with van der Waals surface area (Å²) in [6, 6.07) is 12.0. The molecule has 1 aliphatic rings. The summed E-state index contributed by atoms with van der Waals surface area (Å²) in [5.41, 5.74) is 8.51. The number of hydrogen-bond acceptors (Lipinski definition) is 3. The number of aliphatic hydroxyl groups excluding tert-OH is 1. The quantitative estimate of drug-likeness (QED) is 0.745. The highest BCUT2D eigenvalue weighted by molar-refractivity contribution is 6.33. The summed E-state index contributed by atoms with van der Waals surface area (Å²) in [7, 11) is 0. The summed E-state index contributed by atoms with van der Waals surface area (Å²) in [6.07, 6.45) is -0.0693. The van der Waals surface area contributed by atoms with Gasteiger partial charge in [-0.15, -0.1) is 0 Å². The topological polar surface area (TPSA) is 75.4 Å². The first-order valence-corrected chi connectivity index (χ1v) is 7.06. The van der Waals surface area contributed by atoms with E-state index in [1.54, 1.807) is 12.1 Å². The molecule has 1 aliphatic carbocycles. The van der Waals surface area contributed by atoms with Crippen LogP contribution in [0.15, 0.2) is 42.5 Å². The number of fused-ring (bicyclic) bond motifs is 1. The normalized spacial score (nSPS) is 20.1. The van der Waals surface area contributed by atoms with E-state index in [4.69, 9.17) is 17.3 Å². The third kappa shape index (κ3) is 2.60. The predicted octanol–water partition coefficient (Wildman–Crippen LogP) is 2.31. The van der Waals surface area contributed by atoms with E-state index < -0.39 is 12.1 Å². The van der Waals surface area contributed by atoms with Crippen molar-refractivity contribution in [2.75, 3.05) is 5.73 Å². The molecular formula is C16H15ClN2O2. The Morgan fingerprint density at radius 3 is 2.81 bits per heavy atom. The molecule has 21 heavy (non-hydrogen) atoms. The molecule has 0 heterocycles. The van der Waals surface area contributed by atoms with Gasteiger partial charge in [0.25, 0.3) is 5.91 Å². The molecule has 2 atom stereocenters. The van der Waals surface area contributed by atoms with Crippen molar-refractivity contribution in [2.45, 2.75) is 18.6 Å². The lowest BCUT2D eigenvalue weighted by molar-refractivity contribution is 0.0858. The molecule has 2 aromatic rings. The minimum Gasteiger partial charge on any atom is -0.398 e. The number of hydrogen-bond donors (Lipinski definition) is 3. The average molecular weight is 303 g/mol. The minimum absolute atomic E-state index is 0.279. The Balaban J connectivity index is 1.83. The zero-order chi connectivity index (χ0) is 15.0. The molecule has 4 N–H and O–H groups in total. The zero-order valence-corrected chi connectivity index (χ0v) is 12.0. The lowest BCUT2D eigenvalue weighted by Gasteiger charge is -2.18. The van der Waals surface area contributed by atoms with Crippen LogP contribution in [0.3, 0.4) is 0 Å². The van der Waals surface area contributed by atoms with E-state index in [1.165, 1.54) is 6.07 Å². The summed E-state index contributed by atoms with van der Waals surface area (Å²) in [5, 5.41) is 13.4. The molecule has 0 bridgehead atoms. The Hall–Kier alpha value is -2.04. The number of carbonyl (C=O) groups excluding carboxylic acids is 1. The van der Waals surface area contributed by atoms with Crippen LogP contribution >= 0.6 is 11.6 Å². The molecule has 3 rings (SSSR count). The predicted molar refractivity (Wildman–Crippen MR) is 82.2 cm³/mol. The van der Waals surface area contributed by atoms with Crippen LogP contribution in [-0.4, -0.2) is 17.1 Å². The van der Waals surface area contributed by atoms with Gasteiger partial charge in [-0.25, -0.2) is 0 Å². The second kappa shape index (κ2) is 5.39. The first-order chi connectivity index (χ1) is 10.1. The van der Waals surface area contributed by atoms with Crippen LogP contribution in [0.4, 0.5) is 5.69 Å². The highest BCUT2D eigenvalue weighted by atomic mass is 35.5. The number of halogens is 1. The summed E-state index contributed by atoms with van der Waals surface area (Å²) in [5.74, 6) is -0.279. The zero-order valence-electron chi connectivity index (χ0n) is 11.2. The fourth-order valence-electron chi connectivity index (χ4n) is 2.66. The molecule has 2 aromatic carbocycles. The Labute approximate surface area is 127 Å². The van der Waals surface area contributed by atoms with Gasteiger partial charge in [-0.05, 0) is 29.3 Å². The number of carbonyl (C=O) groups is 1. The Morgan fingerprint density at radius 1 is 1.29 bits per heavy atom. The third-order valence-corrected chi connectivity index (χ3v) is 4.09. The number of amides is 1. The molecule has 0 aliphatic heterocycles. The fraction of sp³-hybridized carbons (Fsp3) is 0.188. The van der Waals surface area contributed by atoms with E-state index in [0.29, 0.717) is 22.7 Å². The minimum atomic E-state index is -0.615. The number of benzene rings is 2. The van der Waals surface area contributed by atoms with E-state index in [0.717, 1.165) is 11.1 Å². The van der Waals surface area contributed by atoms with Crippen LogP contribution in [0.1, 0.15) is 27.5 Å². The molecule has 4 nitrogen and oxygen atoms in total. The molecular weight excluding hydrogens is 288 g/mol. The number of rotatable bonds is 2. The third-order valence-electron chi connectivity index (χ3n) is 3.75. The summed E-state index contributed by atoms with van der Waals surface area (Å²) >= 11 is 5.85. The smallest absolute Gasteiger partial charge is 0.251 e. The first-order valence-electron chi connectivity index (χ1n) is 6.68. The van der Waals surface area contributed by atoms with E-state index in [-0.39, 0.29) is 5.91 Å². The van der Waals surface area contributed by atoms with E-state index >= 15 is 0 Å². The molecule has 5 heteroatoms. The molecule has 108 valence electrons. The van der Waals surface area contributed by atoms with Gasteiger partial charge >= 0.3 is 0 Å². The number of anilines is 1. The monoisotopic (exact) mass is 302 g/mol.